The Bertz CT molecular complexity index is 937. The van der Waals surface area contributed by atoms with Crippen molar-refractivity contribution in [2.24, 2.45) is 5.92 Å². The Balaban J connectivity index is 1.58. The van der Waals surface area contributed by atoms with E-state index in [9.17, 15) is 13.2 Å². The van der Waals surface area contributed by atoms with Crippen LogP contribution in [-0.4, -0.2) is 44.6 Å². The SMILES string of the molecule is CC(C)(C)OC(=O)N1CCC(CNS(=O)(=O)c2cccc3ccccc23)CC1. The van der Waals surface area contributed by atoms with Crippen LogP contribution in [0.3, 0.4) is 0 Å². The van der Waals surface area contributed by atoms with Crippen molar-refractivity contribution in [3.63, 3.8) is 0 Å². The van der Waals surface area contributed by atoms with Crippen molar-refractivity contribution in [3.05, 3.63) is 42.5 Å². The van der Waals surface area contributed by atoms with Gasteiger partial charge in [-0.1, -0.05) is 36.4 Å². The molecular weight excluding hydrogens is 376 g/mol. The summed E-state index contributed by atoms with van der Waals surface area (Å²) in [6, 6.07) is 12.8. The maximum atomic E-state index is 12.8. The number of carbonyl (C=O) groups is 1. The molecule has 0 aromatic heterocycles. The fourth-order valence-electron chi connectivity index (χ4n) is 3.38. The Kier molecular flexibility index (Phi) is 5.95. The molecule has 0 spiro atoms. The van der Waals surface area contributed by atoms with Crippen LogP contribution in [0.4, 0.5) is 4.79 Å². The van der Waals surface area contributed by atoms with Crippen LogP contribution in [-0.2, 0) is 14.8 Å². The average Bonchev–Trinajstić information content (AvgIpc) is 2.65. The van der Waals surface area contributed by atoms with E-state index in [1.165, 1.54) is 0 Å². The zero-order valence-electron chi connectivity index (χ0n) is 16.6. The monoisotopic (exact) mass is 404 g/mol. The van der Waals surface area contributed by atoms with E-state index in [1.54, 1.807) is 17.0 Å². The Hall–Kier alpha value is -2.12. The molecule has 1 heterocycles. The molecule has 1 fully saturated rings. The second-order valence-corrected chi connectivity index (χ2v) is 9.98. The highest BCUT2D eigenvalue weighted by Crippen LogP contribution is 2.24. The van der Waals surface area contributed by atoms with E-state index < -0.39 is 15.6 Å². The van der Waals surface area contributed by atoms with Crippen LogP contribution in [0.1, 0.15) is 33.6 Å². The number of piperidine rings is 1. The number of ether oxygens (including phenoxy) is 1. The third kappa shape index (κ3) is 5.02. The van der Waals surface area contributed by atoms with Crippen molar-refractivity contribution in [1.29, 1.82) is 0 Å². The van der Waals surface area contributed by atoms with Crippen molar-refractivity contribution in [2.45, 2.75) is 44.1 Å². The zero-order chi connectivity index (χ0) is 20.4. The second-order valence-electron chi connectivity index (χ2n) is 8.24. The predicted octanol–water partition coefficient (Wildman–Crippen LogP) is 3.77. The lowest BCUT2D eigenvalue weighted by atomic mass is 9.97. The van der Waals surface area contributed by atoms with Gasteiger partial charge in [-0.15, -0.1) is 0 Å². The lowest BCUT2D eigenvalue weighted by molar-refractivity contribution is 0.0185. The van der Waals surface area contributed by atoms with Gasteiger partial charge in [0.25, 0.3) is 0 Å². The topological polar surface area (TPSA) is 75.7 Å². The molecular formula is C21H28N2O4S. The van der Waals surface area contributed by atoms with Crippen LogP contribution in [0.25, 0.3) is 10.8 Å². The van der Waals surface area contributed by atoms with Crippen molar-refractivity contribution in [2.75, 3.05) is 19.6 Å². The van der Waals surface area contributed by atoms with Crippen LogP contribution in [0.2, 0.25) is 0 Å². The summed E-state index contributed by atoms with van der Waals surface area (Å²) in [6.45, 7) is 7.07. The maximum absolute atomic E-state index is 12.8. The summed E-state index contributed by atoms with van der Waals surface area (Å²) in [5.74, 6) is 0.198. The van der Waals surface area contributed by atoms with Gasteiger partial charge in [0.05, 0.1) is 4.90 Å². The molecule has 0 atom stereocenters. The molecule has 2 aromatic carbocycles. The molecule has 6 nitrogen and oxygen atoms in total. The Labute approximate surface area is 166 Å². The molecule has 7 heteroatoms. The fraction of sp³-hybridized carbons (Fsp3) is 0.476. The molecule has 1 N–H and O–H groups in total. The number of nitrogens with one attached hydrogen (secondary N) is 1. The van der Waals surface area contributed by atoms with E-state index in [1.807, 2.05) is 51.1 Å². The van der Waals surface area contributed by atoms with Gasteiger partial charge in [-0.05, 0) is 51.0 Å². The largest absolute Gasteiger partial charge is 0.444 e. The molecule has 1 aliphatic rings. The van der Waals surface area contributed by atoms with Gasteiger partial charge in [0.1, 0.15) is 5.60 Å². The first-order valence-electron chi connectivity index (χ1n) is 9.61. The normalized spacial score (nSPS) is 16.3. The quantitative estimate of drug-likeness (QED) is 0.842. The van der Waals surface area contributed by atoms with Gasteiger partial charge in [0.15, 0.2) is 0 Å². The second kappa shape index (κ2) is 8.09. The van der Waals surface area contributed by atoms with E-state index in [2.05, 4.69) is 4.72 Å². The van der Waals surface area contributed by atoms with Gasteiger partial charge in [-0.3, -0.25) is 0 Å². The van der Waals surface area contributed by atoms with E-state index in [0.29, 0.717) is 24.5 Å². The number of likely N-dealkylation sites (tertiary alicyclic amines) is 1. The summed E-state index contributed by atoms with van der Waals surface area (Å²) in [6.07, 6.45) is 1.19. The summed E-state index contributed by atoms with van der Waals surface area (Å²) < 4.78 is 33.8. The first kappa shape index (κ1) is 20.6. The standard InChI is InChI=1S/C21H28N2O4S/c1-21(2,3)27-20(24)23-13-11-16(12-14-23)15-22-28(25,26)19-10-6-8-17-7-4-5-9-18(17)19/h4-10,16,22H,11-15H2,1-3H3. The van der Waals surface area contributed by atoms with E-state index >= 15 is 0 Å². The molecule has 0 unspecified atom stereocenters. The summed E-state index contributed by atoms with van der Waals surface area (Å²) in [4.78, 5) is 14.1. The molecule has 3 rings (SSSR count). The van der Waals surface area contributed by atoms with Crippen molar-refractivity contribution >= 4 is 26.9 Å². The molecule has 152 valence electrons. The Morgan fingerprint density at radius 1 is 1.11 bits per heavy atom. The zero-order valence-corrected chi connectivity index (χ0v) is 17.5. The Morgan fingerprint density at radius 3 is 2.43 bits per heavy atom. The maximum Gasteiger partial charge on any atom is 0.410 e. The summed E-state index contributed by atoms with van der Waals surface area (Å²) in [5, 5.41) is 1.62. The number of fused-ring (bicyclic) bond motifs is 1. The highest BCUT2D eigenvalue weighted by molar-refractivity contribution is 7.89. The minimum Gasteiger partial charge on any atom is -0.444 e. The van der Waals surface area contributed by atoms with Gasteiger partial charge in [0, 0.05) is 25.0 Å². The predicted molar refractivity (Wildman–Crippen MR) is 110 cm³/mol. The lowest BCUT2D eigenvalue weighted by Gasteiger charge is -2.33. The van der Waals surface area contributed by atoms with Gasteiger partial charge in [0.2, 0.25) is 10.0 Å². The molecule has 0 radical (unpaired) electrons. The van der Waals surface area contributed by atoms with Crippen LogP contribution >= 0.6 is 0 Å². The Morgan fingerprint density at radius 2 is 1.75 bits per heavy atom. The highest BCUT2D eigenvalue weighted by atomic mass is 32.2. The lowest BCUT2D eigenvalue weighted by Crippen LogP contribution is -2.43. The first-order valence-corrected chi connectivity index (χ1v) is 11.1. The molecule has 1 amide bonds. The number of benzene rings is 2. The molecule has 0 bridgehead atoms. The first-order chi connectivity index (χ1) is 13.2. The summed E-state index contributed by atoms with van der Waals surface area (Å²) in [7, 11) is -3.60. The summed E-state index contributed by atoms with van der Waals surface area (Å²) >= 11 is 0. The van der Waals surface area contributed by atoms with Gasteiger partial charge in [-0.25, -0.2) is 17.9 Å². The summed E-state index contributed by atoms with van der Waals surface area (Å²) in [5.41, 5.74) is -0.512. The van der Waals surface area contributed by atoms with Gasteiger partial charge >= 0.3 is 6.09 Å². The highest BCUT2D eigenvalue weighted by Gasteiger charge is 2.28. The number of amides is 1. The number of hydrogen-bond acceptors (Lipinski definition) is 4. The van der Waals surface area contributed by atoms with Crippen LogP contribution < -0.4 is 4.72 Å². The van der Waals surface area contributed by atoms with Crippen LogP contribution in [0.15, 0.2) is 47.4 Å². The third-order valence-corrected chi connectivity index (χ3v) is 6.35. The molecule has 28 heavy (non-hydrogen) atoms. The molecule has 1 saturated heterocycles. The molecule has 0 aliphatic carbocycles. The average molecular weight is 405 g/mol. The van der Waals surface area contributed by atoms with Crippen LogP contribution in [0, 0.1) is 5.92 Å². The van der Waals surface area contributed by atoms with Crippen molar-refractivity contribution in [1.82, 2.24) is 9.62 Å². The van der Waals surface area contributed by atoms with E-state index in [4.69, 9.17) is 4.74 Å². The number of nitrogens with zero attached hydrogens (tertiary/aromatic N) is 1. The molecule has 0 saturated carbocycles. The number of carbonyl (C=O) groups excluding carboxylic acids is 1. The molecule has 2 aromatic rings. The third-order valence-electron chi connectivity index (χ3n) is 4.87. The molecule has 1 aliphatic heterocycles. The van der Waals surface area contributed by atoms with Crippen molar-refractivity contribution in [3.8, 4) is 0 Å². The number of hydrogen-bond donors (Lipinski definition) is 1. The van der Waals surface area contributed by atoms with E-state index in [0.717, 1.165) is 23.6 Å². The minimum atomic E-state index is -3.60. The number of sulfonamides is 1. The van der Waals surface area contributed by atoms with E-state index in [-0.39, 0.29) is 12.0 Å². The fourth-order valence-corrected chi connectivity index (χ4v) is 4.73. The van der Waals surface area contributed by atoms with Gasteiger partial charge < -0.3 is 9.64 Å². The van der Waals surface area contributed by atoms with Crippen molar-refractivity contribution < 1.29 is 17.9 Å². The van der Waals surface area contributed by atoms with Crippen LogP contribution in [0.5, 0.6) is 0 Å². The van der Waals surface area contributed by atoms with Gasteiger partial charge in [-0.2, -0.15) is 0 Å². The minimum absolute atomic E-state index is 0.198. The smallest absolute Gasteiger partial charge is 0.410 e. The number of rotatable bonds is 4.